The molecule has 0 saturated heterocycles. The van der Waals surface area contributed by atoms with Crippen molar-refractivity contribution >= 4 is 0 Å². The molecule has 1 aromatic heterocycles. The van der Waals surface area contributed by atoms with Gasteiger partial charge < -0.3 is 10.2 Å². The standard InChI is InChI=1S/C11H15NO/c12-11(10-2-1-3-13-10)9-5-7-4-8(7)6-9/h1-3,7-9,11H,4-6,12H2. The van der Waals surface area contributed by atoms with Crippen molar-refractivity contribution in [3.8, 4) is 0 Å². The maximum Gasteiger partial charge on any atom is 0.120 e. The lowest BCUT2D eigenvalue weighted by Crippen LogP contribution is -2.19. The summed E-state index contributed by atoms with van der Waals surface area (Å²) in [6.45, 7) is 0. The van der Waals surface area contributed by atoms with Gasteiger partial charge in [-0.15, -0.1) is 0 Å². The maximum absolute atomic E-state index is 6.13. The van der Waals surface area contributed by atoms with Gasteiger partial charge in [0.1, 0.15) is 5.76 Å². The number of rotatable bonds is 2. The van der Waals surface area contributed by atoms with Crippen LogP contribution in [0.1, 0.15) is 31.1 Å². The van der Waals surface area contributed by atoms with Gasteiger partial charge in [0, 0.05) is 0 Å². The molecule has 2 saturated carbocycles. The average molecular weight is 177 g/mol. The van der Waals surface area contributed by atoms with E-state index in [0.717, 1.165) is 17.6 Å². The average Bonchev–Trinajstić information content (AvgIpc) is 2.63. The molecule has 0 amide bonds. The van der Waals surface area contributed by atoms with Crippen LogP contribution in [0.5, 0.6) is 0 Å². The molecule has 2 heteroatoms. The molecule has 3 rings (SSSR count). The molecule has 0 bridgehead atoms. The molecule has 1 aromatic rings. The topological polar surface area (TPSA) is 39.2 Å². The Kier molecular flexibility index (Phi) is 1.53. The Bertz CT molecular complexity index is 283. The fourth-order valence-electron chi connectivity index (χ4n) is 2.77. The zero-order chi connectivity index (χ0) is 8.84. The second-order valence-electron chi connectivity index (χ2n) is 4.53. The third-order valence-electron chi connectivity index (χ3n) is 3.66. The Hall–Kier alpha value is -0.760. The molecule has 70 valence electrons. The predicted molar refractivity (Wildman–Crippen MR) is 50.0 cm³/mol. The third kappa shape index (κ3) is 1.20. The Morgan fingerprint density at radius 1 is 1.31 bits per heavy atom. The molecule has 0 radical (unpaired) electrons. The van der Waals surface area contributed by atoms with Gasteiger partial charge in [-0.25, -0.2) is 0 Å². The predicted octanol–water partition coefficient (Wildman–Crippen LogP) is 2.33. The molecule has 0 aromatic carbocycles. The molecule has 3 unspecified atom stereocenters. The summed E-state index contributed by atoms with van der Waals surface area (Å²) >= 11 is 0. The fraction of sp³-hybridized carbons (Fsp3) is 0.636. The zero-order valence-electron chi connectivity index (χ0n) is 7.65. The van der Waals surface area contributed by atoms with Crippen molar-refractivity contribution in [1.29, 1.82) is 0 Å². The lowest BCUT2D eigenvalue weighted by Gasteiger charge is -2.17. The molecular weight excluding hydrogens is 162 g/mol. The Balaban J connectivity index is 1.72. The summed E-state index contributed by atoms with van der Waals surface area (Å²) < 4.78 is 5.33. The summed E-state index contributed by atoms with van der Waals surface area (Å²) in [5.74, 6) is 3.65. The highest BCUT2D eigenvalue weighted by atomic mass is 16.3. The number of nitrogens with two attached hydrogens (primary N) is 1. The van der Waals surface area contributed by atoms with E-state index < -0.39 is 0 Å². The SMILES string of the molecule is NC(c1ccco1)C1CC2CC2C1. The van der Waals surface area contributed by atoms with Gasteiger partial charge in [0.25, 0.3) is 0 Å². The number of furan rings is 1. The van der Waals surface area contributed by atoms with Gasteiger partial charge >= 0.3 is 0 Å². The second-order valence-corrected chi connectivity index (χ2v) is 4.53. The highest BCUT2D eigenvalue weighted by molar-refractivity contribution is 5.08. The van der Waals surface area contributed by atoms with Crippen molar-refractivity contribution in [2.45, 2.75) is 25.3 Å². The molecule has 3 atom stereocenters. The number of hydrogen-bond donors (Lipinski definition) is 1. The number of fused-ring (bicyclic) bond motifs is 1. The van der Waals surface area contributed by atoms with Crippen LogP contribution in [0.15, 0.2) is 22.8 Å². The van der Waals surface area contributed by atoms with Crippen LogP contribution >= 0.6 is 0 Å². The van der Waals surface area contributed by atoms with E-state index in [1.54, 1.807) is 6.26 Å². The Morgan fingerprint density at radius 3 is 2.69 bits per heavy atom. The van der Waals surface area contributed by atoms with E-state index in [1.807, 2.05) is 12.1 Å². The second kappa shape index (κ2) is 2.61. The monoisotopic (exact) mass is 177 g/mol. The Morgan fingerprint density at radius 2 is 2.08 bits per heavy atom. The van der Waals surface area contributed by atoms with Gasteiger partial charge in [0.15, 0.2) is 0 Å². The summed E-state index contributed by atoms with van der Waals surface area (Å²) in [6.07, 6.45) is 5.82. The molecule has 2 aliphatic rings. The minimum Gasteiger partial charge on any atom is -0.468 e. The van der Waals surface area contributed by atoms with Crippen LogP contribution in [0.2, 0.25) is 0 Å². The summed E-state index contributed by atoms with van der Waals surface area (Å²) in [5, 5.41) is 0. The molecule has 0 spiro atoms. The molecule has 2 aliphatic carbocycles. The van der Waals surface area contributed by atoms with Crippen LogP contribution in [0.4, 0.5) is 0 Å². The van der Waals surface area contributed by atoms with E-state index in [4.69, 9.17) is 10.2 Å². The smallest absolute Gasteiger partial charge is 0.120 e. The van der Waals surface area contributed by atoms with Gasteiger partial charge in [-0.05, 0) is 49.1 Å². The minimum atomic E-state index is 0.141. The first-order valence-electron chi connectivity index (χ1n) is 5.13. The molecule has 2 nitrogen and oxygen atoms in total. The highest BCUT2D eigenvalue weighted by Gasteiger charge is 2.47. The van der Waals surface area contributed by atoms with Crippen LogP contribution in [-0.2, 0) is 0 Å². The summed E-state index contributed by atoms with van der Waals surface area (Å²) in [4.78, 5) is 0. The van der Waals surface area contributed by atoms with Crippen molar-refractivity contribution in [1.82, 2.24) is 0 Å². The first-order chi connectivity index (χ1) is 6.34. The van der Waals surface area contributed by atoms with Crippen molar-refractivity contribution in [3.05, 3.63) is 24.2 Å². The van der Waals surface area contributed by atoms with Crippen LogP contribution in [-0.4, -0.2) is 0 Å². The quantitative estimate of drug-likeness (QED) is 0.753. The zero-order valence-corrected chi connectivity index (χ0v) is 7.65. The summed E-state index contributed by atoms with van der Waals surface area (Å²) in [7, 11) is 0. The number of hydrogen-bond acceptors (Lipinski definition) is 2. The van der Waals surface area contributed by atoms with E-state index in [2.05, 4.69) is 0 Å². The summed E-state index contributed by atoms with van der Waals surface area (Å²) in [6, 6.07) is 4.06. The normalized spacial score (nSPS) is 38.7. The maximum atomic E-state index is 6.13. The molecule has 2 N–H and O–H groups in total. The highest BCUT2D eigenvalue weighted by Crippen LogP contribution is 2.56. The van der Waals surface area contributed by atoms with Gasteiger partial charge in [-0.2, -0.15) is 0 Å². The van der Waals surface area contributed by atoms with Crippen molar-refractivity contribution in [2.24, 2.45) is 23.5 Å². The molecule has 2 fully saturated rings. The molecule has 0 aliphatic heterocycles. The van der Waals surface area contributed by atoms with Gasteiger partial charge in [0.05, 0.1) is 12.3 Å². The van der Waals surface area contributed by atoms with Gasteiger partial charge in [0.2, 0.25) is 0 Å². The first kappa shape index (κ1) is 7.63. The summed E-state index contributed by atoms with van der Waals surface area (Å²) in [5.41, 5.74) is 6.13. The van der Waals surface area contributed by atoms with E-state index in [0.29, 0.717) is 5.92 Å². The van der Waals surface area contributed by atoms with Gasteiger partial charge in [-0.3, -0.25) is 0 Å². The van der Waals surface area contributed by atoms with Crippen molar-refractivity contribution < 1.29 is 4.42 Å². The van der Waals surface area contributed by atoms with E-state index in [9.17, 15) is 0 Å². The molecule has 13 heavy (non-hydrogen) atoms. The lowest BCUT2D eigenvalue weighted by atomic mass is 9.93. The lowest BCUT2D eigenvalue weighted by molar-refractivity contribution is 0.347. The first-order valence-corrected chi connectivity index (χ1v) is 5.13. The third-order valence-corrected chi connectivity index (χ3v) is 3.66. The van der Waals surface area contributed by atoms with Crippen molar-refractivity contribution in [2.75, 3.05) is 0 Å². The minimum absolute atomic E-state index is 0.141. The van der Waals surface area contributed by atoms with Gasteiger partial charge in [-0.1, -0.05) is 0 Å². The van der Waals surface area contributed by atoms with Crippen LogP contribution in [0, 0.1) is 17.8 Å². The van der Waals surface area contributed by atoms with E-state index >= 15 is 0 Å². The Labute approximate surface area is 78.1 Å². The van der Waals surface area contributed by atoms with E-state index in [1.165, 1.54) is 19.3 Å². The fourth-order valence-corrected chi connectivity index (χ4v) is 2.77. The van der Waals surface area contributed by atoms with Crippen LogP contribution in [0.3, 0.4) is 0 Å². The van der Waals surface area contributed by atoms with Crippen LogP contribution in [0.25, 0.3) is 0 Å². The molecule has 1 heterocycles. The largest absolute Gasteiger partial charge is 0.468 e. The van der Waals surface area contributed by atoms with E-state index in [-0.39, 0.29) is 6.04 Å². The van der Waals surface area contributed by atoms with Crippen molar-refractivity contribution in [3.63, 3.8) is 0 Å². The van der Waals surface area contributed by atoms with Crippen LogP contribution < -0.4 is 5.73 Å². The molecular formula is C11H15NO.